The molecule has 3 nitrogen and oxygen atoms in total. The summed E-state index contributed by atoms with van der Waals surface area (Å²) in [6.07, 6.45) is 0. The van der Waals surface area contributed by atoms with Crippen molar-refractivity contribution in [2.24, 2.45) is 0 Å². The first kappa shape index (κ1) is 23.8. The molecule has 1 N–H and O–H groups in total. The summed E-state index contributed by atoms with van der Waals surface area (Å²) in [6, 6.07) is 19.4. The molecule has 0 saturated heterocycles. The van der Waals surface area contributed by atoms with Gasteiger partial charge in [0.2, 0.25) is 0 Å². The fourth-order valence-electron chi connectivity index (χ4n) is 2.73. The van der Waals surface area contributed by atoms with Crippen LogP contribution in [0, 0.1) is 0 Å². The number of methoxy groups -OCH3 is 1. The van der Waals surface area contributed by atoms with Crippen molar-refractivity contribution in [2.75, 3.05) is 7.11 Å². The van der Waals surface area contributed by atoms with Crippen LogP contribution >= 0.6 is 51.5 Å². The minimum atomic E-state index is 0. The fraction of sp³-hybridized carbons (Fsp3) is 0.182. The van der Waals surface area contributed by atoms with E-state index in [1.54, 1.807) is 7.11 Å². The number of nitrogens with one attached hydrogen (secondary N) is 1. The van der Waals surface area contributed by atoms with Gasteiger partial charge >= 0.3 is 0 Å². The van der Waals surface area contributed by atoms with Gasteiger partial charge in [0.05, 0.1) is 11.6 Å². The molecule has 7 heteroatoms. The first-order valence-corrected chi connectivity index (χ1v) is 10.3. The first-order chi connectivity index (χ1) is 13.6. The topological polar surface area (TPSA) is 30.5 Å². The van der Waals surface area contributed by atoms with Crippen molar-refractivity contribution < 1.29 is 9.47 Å². The van der Waals surface area contributed by atoms with E-state index in [-0.39, 0.29) is 12.4 Å². The summed E-state index contributed by atoms with van der Waals surface area (Å²) in [4.78, 5) is 0. The van der Waals surface area contributed by atoms with Gasteiger partial charge in [-0.3, -0.25) is 0 Å². The molecule has 0 unspecified atom stereocenters. The van der Waals surface area contributed by atoms with Gasteiger partial charge in [0.1, 0.15) is 6.61 Å². The Hall–Kier alpha value is -1.43. The molecule has 0 saturated carbocycles. The van der Waals surface area contributed by atoms with Crippen LogP contribution in [0.2, 0.25) is 10.0 Å². The van der Waals surface area contributed by atoms with Gasteiger partial charge in [0, 0.05) is 23.1 Å². The van der Waals surface area contributed by atoms with Gasteiger partial charge in [-0.1, -0.05) is 53.5 Å². The zero-order chi connectivity index (χ0) is 19.9. The minimum Gasteiger partial charge on any atom is -0.493 e. The molecule has 29 heavy (non-hydrogen) atoms. The summed E-state index contributed by atoms with van der Waals surface area (Å²) in [5.41, 5.74) is 3.18. The molecule has 0 aliphatic carbocycles. The van der Waals surface area contributed by atoms with Crippen LogP contribution in [0.15, 0.2) is 65.1 Å². The predicted molar refractivity (Wildman–Crippen MR) is 126 cm³/mol. The molecule has 3 rings (SSSR count). The Balaban J connectivity index is 0.00000300. The highest BCUT2D eigenvalue weighted by Gasteiger charge is 2.12. The molecule has 154 valence electrons. The maximum Gasteiger partial charge on any atom is 0.175 e. The number of rotatable bonds is 8. The molecule has 0 aliphatic heterocycles. The van der Waals surface area contributed by atoms with Crippen LogP contribution in [-0.4, -0.2) is 7.11 Å². The number of ether oxygens (including phenoxy) is 2. The van der Waals surface area contributed by atoms with Crippen LogP contribution in [0.25, 0.3) is 0 Å². The summed E-state index contributed by atoms with van der Waals surface area (Å²) in [5, 5.41) is 4.87. The molecule has 0 aromatic heterocycles. The SMILES string of the molecule is COc1cc(CNCc2ccccc2Cl)cc(Br)c1OCc1ccc(Cl)cc1.Cl. The molecule has 3 aromatic rings. The third-order valence-electron chi connectivity index (χ3n) is 4.19. The summed E-state index contributed by atoms with van der Waals surface area (Å²) in [6.45, 7) is 1.79. The maximum atomic E-state index is 6.20. The van der Waals surface area contributed by atoms with E-state index in [9.17, 15) is 0 Å². The largest absolute Gasteiger partial charge is 0.493 e. The lowest BCUT2D eigenvalue weighted by molar-refractivity contribution is 0.282. The molecule has 0 heterocycles. The highest BCUT2D eigenvalue weighted by atomic mass is 79.9. The van der Waals surface area contributed by atoms with E-state index in [0.29, 0.717) is 36.2 Å². The van der Waals surface area contributed by atoms with E-state index < -0.39 is 0 Å². The van der Waals surface area contributed by atoms with Gasteiger partial charge in [-0.05, 0) is 63.0 Å². The van der Waals surface area contributed by atoms with Crippen LogP contribution in [0.4, 0.5) is 0 Å². The van der Waals surface area contributed by atoms with E-state index >= 15 is 0 Å². The highest BCUT2D eigenvalue weighted by Crippen LogP contribution is 2.37. The van der Waals surface area contributed by atoms with E-state index in [4.69, 9.17) is 32.7 Å². The van der Waals surface area contributed by atoms with Crippen LogP contribution in [-0.2, 0) is 19.7 Å². The molecule has 0 atom stereocenters. The summed E-state index contributed by atoms with van der Waals surface area (Å²) < 4.78 is 12.4. The second kappa shape index (κ2) is 11.7. The van der Waals surface area contributed by atoms with Gasteiger partial charge < -0.3 is 14.8 Å². The molecule has 0 fully saturated rings. The van der Waals surface area contributed by atoms with Gasteiger partial charge in [0.15, 0.2) is 11.5 Å². The number of hydrogen-bond donors (Lipinski definition) is 1. The number of hydrogen-bond acceptors (Lipinski definition) is 3. The lowest BCUT2D eigenvalue weighted by Crippen LogP contribution is -2.13. The third-order valence-corrected chi connectivity index (χ3v) is 5.40. The molecule has 0 aliphatic rings. The molecule has 3 aromatic carbocycles. The van der Waals surface area contributed by atoms with Gasteiger partial charge in [-0.15, -0.1) is 12.4 Å². The lowest BCUT2D eigenvalue weighted by Gasteiger charge is -2.15. The van der Waals surface area contributed by atoms with Gasteiger partial charge in [-0.25, -0.2) is 0 Å². The third kappa shape index (κ3) is 6.80. The van der Waals surface area contributed by atoms with Gasteiger partial charge in [0.25, 0.3) is 0 Å². The molecule has 0 spiro atoms. The van der Waals surface area contributed by atoms with Crippen molar-refractivity contribution in [1.82, 2.24) is 5.32 Å². The fourth-order valence-corrected chi connectivity index (χ4v) is 3.67. The van der Waals surface area contributed by atoms with Crippen molar-refractivity contribution in [3.63, 3.8) is 0 Å². The Labute approximate surface area is 195 Å². The smallest absolute Gasteiger partial charge is 0.175 e. The Morgan fingerprint density at radius 1 is 0.931 bits per heavy atom. The second-order valence-corrected chi connectivity index (χ2v) is 7.92. The summed E-state index contributed by atoms with van der Waals surface area (Å²) in [5.74, 6) is 1.35. The lowest BCUT2D eigenvalue weighted by atomic mass is 10.1. The normalized spacial score (nSPS) is 10.3. The summed E-state index contributed by atoms with van der Waals surface area (Å²) in [7, 11) is 1.64. The maximum absolute atomic E-state index is 6.20. The second-order valence-electron chi connectivity index (χ2n) is 6.22. The molecular formula is C22H21BrCl3NO2. The minimum absolute atomic E-state index is 0. The van der Waals surface area contributed by atoms with Crippen molar-refractivity contribution in [3.05, 3.63) is 91.9 Å². The van der Waals surface area contributed by atoms with Crippen molar-refractivity contribution in [3.8, 4) is 11.5 Å². The zero-order valence-corrected chi connectivity index (χ0v) is 19.7. The average Bonchev–Trinajstić information content (AvgIpc) is 2.69. The Morgan fingerprint density at radius 2 is 1.66 bits per heavy atom. The van der Waals surface area contributed by atoms with Crippen LogP contribution in [0.5, 0.6) is 11.5 Å². The molecular weight excluding hydrogens is 497 g/mol. The van der Waals surface area contributed by atoms with Crippen molar-refractivity contribution >= 4 is 51.5 Å². The van der Waals surface area contributed by atoms with Crippen LogP contribution in [0.3, 0.4) is 0 Å². The number of benzene rings is 3. The Bertz CT molecular complexity index is 936. The Morgan fingerprint density at radius 3 is 2.34 bits per heavy atom. The van der Waals surface area contributed by atoms with Crippen molar-refractivity contribution in [2.45, 2.75) is 19.7 Å². The van der Waals surface area contributed by atoms with E-state index in [1.165, 1.54) is 0 Å². The monoisotopic (exact) mass is 515 g/mol. The standard InChI is InChI=1S/C22H20BrCl2NO2.ClH/c1-27-21-11-16(12-26-13-17-4-2-3-5-20(17)25)10-19(23)22(21)28-14-15-6-8-18(24)9-7-15;/h2-11,26H,12-14H2,1H3;1H. The van der Waals surface area contributed by atoms with Crippen LogP contribution < -0.4 is 14.8 Å². The van der Waals surface area contributed by atoms with E-state index in [1.807, 2.05) is 60.7 Å². The molecule has 0 radical (unpaired) electrons. The van der Waals surface area contributed by atoms with E-state index in [2.05, 4.69) is 21.2 Å². The summed E-state index contributed by atoms with van der Waals surface area (Å²) >= 11 is 15.7. The van der Waals surface area contributed by atoms with E-state index in [0.717, 1.165) is 26.2 Å². The predicted octanol–water partition coefficient (Wildman–Crippen LogP) is 7.06. The van der Waals surface area contributed by atoms with Gasteiger partial charge in [-0.2, -0.15) is 0 Å². The van der Waals surface area contributed by atoms with Crippen LogP contribution in [0.1, 0.15) is 16.7 Å². The highest BCUT2D eigenvalue weighted by molar-refractivity contribution is 9.10. The quantitative estimate of drug-likeness (QED) is 0.347. The van der Waals surface area contributed by atoms with Crippen molar-refractivity contribution in [1.29, 1.82) is 0 Å². The zero-order valence-electron chi connectivity index (χ0n) is 15.8. The number of halogens is 4. The molecule has 0 bridgehead atoms. The first-order valence-electron chi connectivity index (χ1n) is 8.74. The average molecular weight is 518 g/mol. The Kier molecular flexibility index (Phi) is 9.60. The molecule has 0 amide bonds.